The number of hydrogen-bond donors (Lipinski definition) is 3. The zero-order chi connectivity index (χ0) is 24.1. The topological polar surface area (TPSA) is 131 Å². The van der Waals surface area contributed by atoms with E-state index >= 15 is 0 Å². The maximum Gasteiger partial charge on any atom is 0.337 e. The van der Waals surface area contributed by atoms with Crippen molar-refractivity contribution in [3.63, 3.8) is 0 Å². The van der Waals surface area contributed by atoms with Gasteiger partial charge in [0.25, 0.3) is 5.91 Å². The van der Waals surface area contributed by atoms with Crippen LogP contribution in [0.1, 0.15) is 32.0 Å². The summed E-state index contributed by atoms with van der Waals surface area (Å²) in [5.74, 6) is -0.531. The van der Waals surface area contributed by atoms with Crippen LogP contribution in [0.25, 0.3) is 5.69 Å². The molecule has 4 rings (SSSR count). The monoisotopic (exact) mass is 458 g/mol. The fraction of sp³-hybridized carbons (Fsp3) is 0.125. The number of methoxy groups -OCH3 is 1. The molecule has 2 aromatic heterocycles. The smallest absolute Gasteiger partial charge is 0.337 e. The lowest BCUT2D eigenvalue weighted by Crippen LogP contribution is -2.13. The van der Waals surface area contributed by atoms with E-state index in [1.54, 1.807) is 36.7 Å². The minimum Gasteiger partial charge on any atom is -0.507 e. The van der Waals surface area contributed by atoms with E-state index in [0.29, 0.717) is 29.2 Å². The van der Waals surface area contributed by atoms with E-state index in [1.165, 1.54) is 30.0 Å². The first-order chi connectivity index (χ1) is 16.4. The van der Waals surface area contributed by atoms with Crippen molar-refractivity contribution >= 4 is 23.4 Å². The number of hydrogen-bond acceptors (Lipinski definition) is 8. The van der Waals surface area contributed by atoms with Gasteiger partial charge in [0.15, 0.2) is 0 Å². The highest BCUT2D eigenvalue weighted by atomic mass is 16.5. The number of carbonyl (C=O) groups is 2. The molecule has 3 N–H and O–H groups in total. The number of pyridine rings is 1. The number of amides is 1. The number of carbonyl (C=O) groups excluding carboxylic acids is 2. The molecule has 0 saturated carbocycles. The maximum atomic E-state index is 12.8. The van der Waals surface area contributed by atoms with Crippen molar-refractivity contribution in [1.29, 1.82) is 0 Å². The van der Waals surface area contributed by atoms with Gasteiger partial charge >= 0.3 is 5.97 Å². The highest BCUT2D eigenvalue weighted by Gasteiger charge is 2.15. The first-order valence-corrected chi connectivity index (χ1v) is 10.3. The number of phenolic OH excluding ortho intramolecular Hbond substituents is 1. The summed E-state index contributed by atoms with van der Waals surface area (Å²) < 4.78 is 6.21. The third-order valence-electron chi connectivity index (χ3n) is 4.94. The highest BCUT2D eigenvalue weighted by molar-refractivity contribution is 6.07. The minimum atomic E-state index is -0.547. The predicted octanol–water partition coefficient (Wildman–Crippen LogP) is 3.33. The number of nitrogens with zero attached hydrogens (tertiary/aromatic N) is 4. The lowest BCUT2D eigenvalue weighted by Gasteiger charge is -2.10. The molecule has 10 heteroatoms. The summed E-state index contributed by atoms with van der Waals surface area (Å²) >= 11 is 0. The zero-order valence-electron chi connectivity index (χ0n) is 18.5. The fourth-order valence-electron chi connectivity index (χ4n) is 3.21. The molecular weight excluding hydrogens is 436 g/mol. The van der Waals surface area contributed by atoms with Crippen molar-refractivity contribution in [2.45, 2.75) is 13.5 Å². The van der Waals surface area contributed by atoms with Crippen LogP contribution in [0.3, 0.4) is 0 Å². The molecular formula is C24H22N6O4. The molecule has 0 aliphatic carbocycles. The van der Waals surface area contributed by atoms with Gasteiger partial charge in [-0.1, -0.05) is 11.3 Å². The summed E-state index contributed by atoms with van der Waals surface area (Å²) in [6.45, 7) is 2.40. The van der Waals surface area contributed by atoms with Crippen LogP contribution in [-0.2, 0) is 11.3 Å². The number of anilines is 2. The quantitative estimate of drug-likeness (QED) is 0.360. The number of phenols is 1. The van der Waals surface area contributed by atoms with Crippen molar-refractivity contribution in [2.75, 3.05) is 17.7 Å². The molecule has 0 fully saturated rings. The van der Waals surface area contributed by atoms with Crippen molar-refractivity contribution < 1.29 is 19.4 Å². The Labute approximate surface area is 195 Å². The van der Waals surface area contributed by atoms with E-state index in [4.69, 9.17) is 4.74 Å². The van der Waals surface area contributed by atoms with Gasteiger partial charge in [-0.05, 0) is 61.0 Å². The Kier molecular flexibility index (Phi) is 6.49. The summed E-state index contributed by atoms with van der Waals surface area (Å²) in [6, 6.07) is 14.7. The number of nitrogens with one attached hydrogen (secondary N) is 2. The molecule has 0 aliphatic heterocycles. The second-order valence-corrected chi connectivity index (χ2v) is 7.45. The molecule has 2 aromatic carbocycles. The van der Waals surface area contributed by atoms with Gasteiger partial charge in [-0.15, -0.1) is 5.10 Å². The molecule has 0 spiro atoms. The number of benzene rings is 2. The van der Waals surface area contributed by atoms with E-state index in [1.807, 2.05) is 19.1 Å². The number of aryl methyl sites for hydroxylation is 1. The molecule has 2 heterocycles. The normalized spacial score (nSPS) is 10.5. The molecule has 0 radical (unpaired) electrons. The molecule has 172 valence electrons. The second kappa shape index (κ2) is 9.82. The van der Waals surface area contributed by atoms with Gasteiger partial charge in [0.2, 0.25) is 0 Å². The average molecular weight is 458 g/mol. The molecule has 0 saturated heterocycles. The molecule has 34 heavy (non-hydrogen) atoms. The number of aromatic nitrogens is 4. The Hall–Kier alpha value is -4.73. The third kappa shape index (κ3) is 5.18. The summed E-state index contributed by atoms with van der Waals surface area (Å²) in [5, 5.41) is 24.4. The largest absolute Gasteiger partial charge is 0.507 e. The van der Waals surface area contributed by atoms with Gasteiger partial charge in [-0.25, -0.2) is 14.5 Å². The van der Waals surface area contributed by atoms with Crippen LogP contribution in [0.15, 0.2) is 67.0 Å². The molecule has 10 nitrogen and oxygen atoms in total. The van der Waals surface area contributed by atoms with Crippen molar-refractivity contribution in [1.82, 2.24) is 20.0 Å². The Morgan fingerprint density at radius 3 is 2.76 bits per heavy atom. The van der Waals surface area contributed by atoms with Gasteiger partial charge in [-0.3, -0.25) is 4.79 Å². The Morgan fingerprint density at radius 1 is 1.12 bits per heavy atom. The summed E-state index contributed by atoms with van der Waals surface area (Å²) in [4.78, 5) is 28.8. The van der Waals surface area contributed by atoms with E-state index in [2.05, 4.69) is 25.9 Å². The SMILES string of the molecule is COC(=O)c1cccc(NC(=O)c2cc(-n3cc(CNc4cc(C)ccn4)nn3)ccc2O)c1. The first kappa shape index (κ1) is 22.5. The van der Waals surface area contributed by atoms with Crippen LogP contribution >= 0.6 is 0 Å². The van der Waals surface area contributed by atoms with E-state index in [0.717, 1.165) is 11.4 Å². The van der Waals surface area contributed by atoms with Crippen LogP contribution in [-0.4, -0.2) is 44.1 Å². The van der Waals surface area contributed by atoms with Crippen LogP contribution in [0.2, 0.25) is 0 Å². The zero-order valence-corrected chi connectivity index (χ0v) is 18.5. The van der Waals surface area contributed by atoms with Crippen LogP contribution < -0.4 is 10.6 Å². The van der Waals surface area contributed by atoms with Crippen LogP contribution in [0.5, 0.6) is 5.75 Å². The lowest BCUT2D eigenvalue weighted by molar-refractivity contribution is 0.0600. The standard InChI is InChI=1S/C24H22N6O4/c1-15-8-9-25-22(10-15)26-13-18-14-30(29-28-18)19-6-7-21(31)20(12-19)23(32)27-17-5-3-4-16(11-17)24(33)34-2/h3-12,14,31H,13H2,1-2H3,(H,25,26)(H,27,32). The Morgan fingerprint density at radius 2 is 1.97 bits per heavy atom. The molecule has 0 aliphatic rings. The van der Waals surface area contributed by atoms with Gasteiger partial charge in [0, 0.05) is 11.9 Å². The van der Waals surface area contributed by atoms with Crippen molar-refractivity contribution in [3.05, 3.63) is 89.4 Å². The maximum absolute atomic E-state index is 12.8. The minimum absolute atomic E-state index is 0.0418. The van der Waals surface area contributed by atoms with Crippen molar-refractivity contribution in [2.24, 2.45) is 0 Å². The predicted molar refractivity (Wildman–Crippen MR) is 125 cm³/mol. The molecule has 0 bridgehead atoms. The second-order valence-electron chi connectivity index (χ2n) is 7.45. The van der Waals surface area contributed by atoms with Gasteiger partial charge in [0.1, 0.15) is 17.3 Å². The summed E-state index contributed by atoms with van der Waals surface area (Å²) in [5.41, 5.74) is 3.02. The van der Waals surface area contributed by atoms with Crippen LogP contribution in [0, 0.1) is 6.92 Å². The first-order valence-electron chi connectivity index (χ1n) is 10.3. The Balaban J connectivity index is 1.49. The van der Waals surface area contributed by atoms with Gasteiger partial charge in [0.05, 0.1) is 36.7 Å². The molecule has 0 unspecified atom stereocenters. The number of esters is 1. The summed E-state index contributed by atoms with van der Waals surface area (Å²) in [6.07, 6.45) is 3.44. The highest BCUT2D eigenvalue weighted by Crippen LogP contribution is 2.23. The molecule has 4 aromatic rings. The lowest BCUT2D eigenvalue weighted by atomic mass is 10.1. The van der Waals surface area contributed by atoms with E-state index < -0.39 is 11.9 Å². The van der Waals surface area contributed by atoms with Gasteiger partial charge < -0.3 is 20.5 Å². The Bertz CT molecular complexity index is 1350. The molecule has 0 atom stereocenters. The fourth-order valence-corrected chi connectivity index (χ4v) is 3.21. The molecule has 1 amide bonds. The third-order valence-corrected chi connectivity index (χ3v) is 4.94. The van der Waals surface area contributed by atoms with Crippen molar-refractivity contribution in [3.8, 4) is 11.4 Å². The van der Waals surface area contributed by atoms with Gasteiger partial charge in [-0.2, -0.15) is 0 Å². The number of aromatic hydroxyl groups is 1. The number of ether oxygens (including phenoxy) is 1. The van der Waals surface area contributed by atoms with E-state index in [-0.39, 0.29) is 11.3 Å². The van der Waals surface area contributed by atoms with E-state index in [9.17, 15) is 14.7 Å². The summed E-state index contributed by atoms with van der Waals surface area (Å²) in [7, 11) is 1.28. The van der Waals surface area contributed by atoms with Crippen LogP contribution in [0.4, 0.5) is 11.5 Å². The average Bonchev–Trinajstić information content (AvgIpc) is 3.32. The number of rotatable bonds is 7.